The molecule has 2 aromatic heterocycles. The molecule has 0 aromatic carbocycles. The number of hydrogen-bond acceptors (Lipinski definition) is 6. The fraction of sp³-hybridized carbons (Fsp3) is 0.412. The first-order chi connectivity index (χ1) is 11.5. The Labute approximate surface area is 141 Å². The first kappa shape index (κ1) is 16.3. The highest BCUT2D eigenvalue weighted by atomic mass is 16.3. The van der Waals surface area contributed by atoms with Crippen LogP contribution in [0.1, 0.15) is 16.1 Å². The maximum Gasteiger partial charge on any atom is 0.255 e. The first-order valence-electron chi connectivity index (χ1n) is 7.90. The van der Waals surface area contributed by atoms with Crippen molar-refractivity contribution in [3.05, 3.63) is 48.2 Å². The van der Waals surface area contributed by atoms with Gasteiger partial charge in [-0.25, -0.2) is 4.98 Å². The van der Waals surface area contributed by atoms with E-state index in [4.69, 9.17) is 0 Å². The minimum absolute atomic E-state index is 0.0281. The average Bonchev–Trinajstić information content (AvgIpc) is 2.96. The van der Waals surface area contributed by atoms with E-state index in [-0.39, 0.29) is 11.8 Å². The van der Waals surface area contributed by atoms with E-state index in [1.54, 1.807) is 35.8 Å². The number of carbonyl (C=O) groups is 1. The van der Waals surface area contributed by atoms with Crippen LogP contribution < -0.4 is 4.90 Å². The van der Waals surface area contributed by atoms with Gasteiger partial charge >= 0.3 is 0 Å². The smallest absolute Gasteiger partial charge is 0.255 e. The lowest BCUT2D eigenvalue weighted by atomic mass is 10.0. The summed E-state index contributed by atoms with van der Waals surface area (Å²) in [6, 6.07) is 3.59. The van der Waals surface area contributed by atoms with E-state index in [9.17, 15) is 9.90 Å². The van der Waals surface area contributed by atoms with Crippen LogP contribution in [0.5, 0.6) is 0 Å². The molecule has 0 aliphatic carbocycles. The summed E-state index contributed by atoms with van der Waals surface area (Å²) < 4.78 is 0. The summed E-state index contributed by atoms with van der Waals surface area (Å²) in [6.45, 7) is 0.838. The lowest BCUT2D eigenvalue weighted by Gasteiger charge is -2.17. The number of anilines is 1. The van der Waals surface area contributed by atoms with Crippen molar-refractivity contribution in [1.82, 2.24) is 19.9 Å². The average molecular weight is 327 g/mol. The minimum atomic E-state index is -0.551. The Hall–Kier alpha value is -2.54. The molecule has 7 heteroatoms. The predicted molar refractivity (Wildman–Crippen MR) is 89.7 cm³/mol. The van der Waals surface area contributed by atoms with Gasteiger partial charge in [0.25, 0.3) is 5.91 Å². The molecule has 1 aliphatic rings. The zero-order valence-electron chi connectivity index (χ0n) is 13.8. The number of likely N-dealkylation sites (tertiary alicyclic amines) is 1. The Kier molecular flexibility index (Phi) is 4.71. The van der Waals surface area contributed by atoms with Crippen LogP contribution in [0.25, 0.3) is 0 Å². The Morgan fingerprint density at radius 1 is 1.25 bits per heavy atom. The topological polar surface area (TPSA) is 82.5 Å². The Morgan fingerprint density at radius 3 is 2.71 bits per heavy atom. The molecule has 1 N–H and O–H groups in total. The van der Waals surface area contributed by atoms with E-state index in [2.05, 4.69) is 15.0 Å². The third-order valence-electron chi connectivity index (χ3n) is 4.23. The van der Waals surface area contributed by atoms with Crippen molar-refractivity contribution >= 4 is 11.7 Å². The molecule has 0 bridgehead atoms. The molecule has 3 rings (SSSR count). The lowest BCUT2D eigenvalue weighted by molar-refractivity contribution is 0.0764. The number of aromatic nitrogens is 3. The van der Waals surface area contributed by atoms with Crippen molar-refractivity contribution in [2.24, 2.45) is 5.92 Å². The quantitative estimate of drug-likeness (QED) is 0.886. The van der Waals surface area contributed by atoms with Gasteiger partial charge in [0.2, 0.25) is 0 Å². The number of carbonyl (C=O) groups excluding carboxylic acids is 1. The molecule has 1 fully saturated rings. The molecule has 2 atom stereocenters. The zero-order valence-corrected chi connectivity index (χ0v) is 13.8. The molecule has 126 valence electrons. The molecule has 24 heavy (non-hydrogen) atoms. The van der Waals surface area contributed by atoms with Crippen LogP contribution in [0.15, 0.2) is 36.9 Å². The van der Waals surface area contributed by atoms with Gasteiger partial charge in [-0.2, -0.15) is 0 Å². The van der Waals surface area contributed by atoms with Crippen molar-refractivity contribution in [3.8, 4) is 0 Å². The van der Waals surface area contributed by atoms with Gasteiger partial charge in [0.15, 0.2) is 0 Å². The summed E-state index contributed by atoms with van der Waals surface area (Å²) >= 11 is 0. The number of hydrogen-bond donors (Lipinski definition) is 1. The third kappa shape index (κ3) is 3.51. The van der Waals surface area contributed by atoms with Crippen molar-refractivity contribution < 1.29 is 9.90 Å². The Balaban J connectivity index is 1.66. The number of pyridine rings is 1. The van der Waals surface area contributed by atoms with Gasteiger partial charge in [0, 0.05) is 57.9 Å². The largest absolute Gasteiger partial charge is 0.391 e. The standard InChI is InChI=1S/C17H21N5O2/c1-21(2)16-4-3-12(8-20-16)17(24)22-10-13(15(23)11-22)7-14-9-18-5-6-19-14/h3-6,8-9,13,15,23H,7,10-11H2,1-2H3/t13-,15-/m1/s1. The van der Waals surface area contributed by atoms with E-state index in [1.165, 1.54) is 0 Å². The summed E-state index contributed by atoms with van der Waals surface area (Å²) in [6.07, 6.45) is 6.59. The Bertz CT molecular complexity index is 690. The summed E-state index contributed by atoms with van der Waals surface area (Å²) in [5.41, 5.74) is 1.36. The highest BCUT2D eigenvalue weighted by molar-refractivity contribution is 5.94. The van der Waals surface area contributed by atoms with Crippen molar-refractivity contribution in [2.45, 2.75) is 12.5 Å². The maximum absolute atomic E-state index is 12.6. The zero-order chi connectivity index (χ0) is 17.1. The number of rotatable bonds is 4. The number of nitrogens with zero attached hydrogens (tertiary/aromatic N) is 5. The van der Waals surface area contributed by atoms with Gasteiger partial charge in [0.05, 0.1) is 17.4 Å². The van der Waals surface area contributed by atoms with Crippen LogP contribution in [0.4, 0.5) is 5.82 Å². The van der Waals surface area contributed by atoms with Crippen molar-refractivity contribution in [1.29, 1.82) is 0 Å². The molecule has 0 spiro atoms. The highest BCUT2D eigenvalue weighted by Gasteiger charge is 2.34. The second-order valence-corrected chi connectivity index (χ2v) is 6.24. The number of aliphatic hydroxyl groups is 1. The van der Waals surface area contributed by atoms with Gasteiger partial charge in [-0.3, -0.25) is 14.8 Å². The Morgan fingerprint density at radius 2 is 2.08 bits per heavy atom. The van der Waals surface area contributed by atoms with E-state index >= 15 is 0 Å². The third-order valence-corrected chi connectivity index (χ3v) is 4.23. The summed E-state index contributed by atoms with van der Waals surface area (Å²) in [7, 11) is 3.80. The van der Waals surface area contributed by atoms with Gasteiger partial charge in [-0.1, -0.05) is 0 Å². The molecule has 0 unspecified atom stereocenters. The van der Waals surface area contributed by atoms with Crippen LogP contribution in [-0.4, -0.2) is 64.2 Å². The molecular formula is C17H21N5O2. The molecule has 1 amide bonds. The SMILES string of the molecule is CN(C)c1ccc(C(=O)N2C[C@@H](Cc3cnccn3)[C@H](O)C2)cn1. The number of aliphatic hydroxyl groups excluding tert-OH is 1. The highest BCUT2D eigenvalue weighted by Crippen LogP contribution is 2.22. The second-order valence-electron chi connectivity index (χ2n) is 6.24. The lowest BCUT2D eigenvalue weighted by Crippen LogP contribution is -2.29. The van der Waals surface area contributed by atoms with E-state index < -0.39 is 6.10 Å². The van der Waals surface area contributed by atoms with E-state index in [1.807, 2.05) is 25.1 Å². The molecular weight excluding hydrogens is 306 g/mol. The molecule has 1 saturated heterocycles. The van der Waals surface area contributed by atoms with Gasteiger partial charge in [-0.05, 0) is 18.6 Å². The maximum atomic E-state index is 12.6. The van der Waals surface area contributed by atoms with E-state index in [0.29, 0.717) is 25.1 Å². The molecule has 0 radical (unpaired) electrons. The van der Waals surface area contributed by atoms with Gasteiger partial charge in [-0.15, -0.1) is 0 Å². The molecule has 7 nitrogen and oxygen atoms in total. The fourth-order valence-electron chi connectivity index (χ4n) is 2.88. The molecule has 2 aromatic rings. The molecule has 0 saturated carbocycles. The van der Waals surface area contributed by atoms with Crippen LogP contribution in [-0.2, 0) is 6.42 Å². The van der Waals surface area contributed by atoms with Crippen molar-refractivity contribution in [2.75, 3.05) is 32.1 Å². The number of amides is 1. The fourth-order valence-corrected chi connectivity index (χ4v) is 2.88. The van der Waals surface area contributed by atoms with Crippen molar-refractivity contribution in [3.63, 3.8) is 0 Å². The van der Waals surface area contributed by atoms with Gasteiger partial charge < -0.3 is 14.9 Å². The summed E-state index contributed by atoms with van der Waals surface area (Å²) in [5.74, 6) is 0.668. The van der Waals surface area contributed by atoms with E-state index in [0.717, 1.165) is 11.5 Å². The summed E-state index contributed by atoms with van der Waals surface area (Å²) in [4.78, 5) is 28.7. The first-order valence-corrected chi connectivity index (χ1v) is 7.90. The van der Waals surface area contributed by atoms with Gasteiger partial charge in [0.1, 0.15) is 5.82 Å². The van der Waals surface area contributed by atoms with Crippen LogP contribution in [0.3, 0.4) is 0 Å². The predicted octanol–water partition coefficient (Wildman–Crippen LogP) is 0.613. The number of β-amino-alcohol motifs (C(OH)–C–C–N with tert-alkyl or cyclic N) is 1. The molecule has 1 aliphatic heterocycles. The monoisotopic (exact) mass is 327 g/mol. The second kappa shape index (κ2) is 6.92. The molecule has 3 heterocycles. The van der Waals surface area contributed by atoms with Crippen LogP contribution in [0, 0.1) is 5.92 Å². The van der Waals surface area contributed by atoms with Crippen LogP contribution in [0.2, 0.25) is 0 Å². The summed E-state index contributed by atoms with van der Waals surface area (Å²) in [5, 5.41) is 10.3. The minimum Gasteiger partial charge on any atom is -0.391 e. The normalized spacial score (nSPS) is 20.2. The van der Waals surface area contributed by atoms with Crippen LogP contribution >= 0.6 is 0 Å².